The van der Waals surface area contributed by atoms with Crippen molar-refractivity contribution < 1.29 is 14.1 Å². The lowest BCUT2D eigenvalue weighted by atomic mass is 9.96. The average molecular weight is 485 g/mol. The highest BCUT2D eigenvalue weighted by atomic mass is 16.5. The summed E-state index contributed by atoms with van der Waals surface area (Å²) in [5, 5.41) is 7.98. The second-order valence-corrected chi connectivity index (χ2v) is 9.41. The molecule has 6 rings (SSSR count). The minimum absolute atomic E-state index is 0.0388. The summed E-state index contributed by atoms with van der Waals surface area (Å²) < 4.78 is 7.24. The minimum Gasteiger partial charge on any atom is -0.355 e. The largest absolute Gasteiger partial charge is 0.355 e. The van der Waals surface area contributed by atoms with Gasteiger partial charge < -0.3 is 24.2 Å². The lowest BCUT2D eigenvalue weighted by Crippen LogP contribution is -2.51. The Morgan fingerprint density at radius 2 is 1.97 bits per heavy atom. The molecular formula is C27H28N6O3. The number of fused-ring (bicyclic) bond motifs is 6. The van der Waals surface area contributed by atoms with Crippen molar-refractivity contribution in [1.82, 2.24) is 24.9 Å². The number of rotatable bonds is 6. The van der Waals surface area contributed by atoms with Crippen LogP contribution in [0.5, 0.6) is 0 Å². The van der Waals surface area contributed by atoms with Crippen LogP contribution in [0, 0.1) is 6.92 Å². The van der Waals surface area contributed by atoms with Gasteiger partial charge in [0.05, 0.1) is 16.9 Å². The molecule has 0 saturated heterocycles. The summed E-state index contributed by atoms with van der Waals surface area (Å²) in [7, 11) is 2.03. The maximum atomic E-state index is 13.4. The van der Waals surface area contributed by atoms with Gasteiger partial charge in [-0.1, -0.05) is 35.5 Å². The Morgan fingerprint density at radius 3 is 2.81 bits per heavy atom. The number of aromatic nitrogens is 3. The number of amides is 2. The van der Waals surface area contributed by atoms with E-state index < -0.39 is 0 Å². The number of aryl methyl sites for hydroxylation is 2. The molecule has 2 aliphatic heterocycles. The number of carbonyl (C=O) groups excluding carboxylic acids is 2. The van der Waals surface area contributed by atoms with Gasteiger partial charge in [0.15, 0.2) is 5.82 Å². The normalized spacial score (nSPS) is 16.6. The van der Waals surface area contributed by atoms with E-state index in [0.29, 0.717) is 37.6 Å². The van der Waals surface area contributed by atoms with Gasteiger partial charge in [0.25, 0.3) is 5.91 Å². The molecule has 2 aromatic carbocycles. The monoisotopic (exact) mass is 484 g/mol. The minimum atomic E-state index is -0.267. The fourth-order valence-corrected chi connectivity index (χ4v) is 5.59. The van der Waals surface area contributed by atoms with E-state index in [1.54, 1.807) is 6.92 Å². The van der Waals surface area contributed by atoms with Crippen LogP contribution in [0.2, 0.25) is 0 Å². The van der Waals surface area contributed by atoms with E-state index in [2.05, 4.69) is 37.1 Å². The second-order valence-electron chi connectivity index (χ2n) is 9.41. The standard InChI is InChI=1S/C27H28N6O3/c1-17-29-24(36-30-17)12-7-14-28-23(34)16-33-22-11-6-3-8-18(22)19-13-15-32-26(25(19)33)31(2)21-10-5-4-9-20(21)27(32)35/h3-6,8-11,26H,7,12-16H2,1-2H3,(H,28,34)/t26-/m1/s1. The highest BCUT2D eigenvalue weighted by molar-refractivity contribution is 6.02. The quantitative estimate of drug-likeness (QED) is 0.422. The van der Waals surface area contributed by atoms with Crippen molar-refractivity contribution >= 4 is 28.4 Å². The van der Waals surface area contributed by atoms with Crippen molar-refractivity contribution in [3.8, 4) is 0 Å². The van der Waals surface area contributed by atoms with Crippen molar-refractivity contribution in [2.45, 2.75) is 38.9 Å². The maximum absolute atomic E-state index is 13.4. The number of para-hydroxylation sites is 2. The molecule has 0 unspecified atom stereocenters. The molecule has 0 radical (unpaired) electrons. The van der Waals surface area contributed by atoms with Crippen LogP contribution in [-0.4, -0.2) is 51.6 Å². The third-order valence-electron chi connectivity index (χ3n) is 7.17. The lowest BCUT2D eigenvalue weighted by Gasteiger charge is -2.46. The molecule has 9 heteroatoms. The molecule has 0 aliphatic carbocycles. The van der Waals surface area contributed by atoms with Gasteiger partial charge in [0.1, 0.15) is 12.7 Å². The Kier molecular flexibility index (Phi) is 5.47. The van der Waals surface area contributed by atoms with Gasteiger partial charge in [-0.2, -0.15) is 4.98 Å². The number of nitrogens with zero attached hydrogens (tertiary/aromatic N) is 5. The summed E-state index contributed by atoms with van der Waals surface area (Å²) in [6.07, 6.45) is 1.82. The molecule has 0 spiro atoms. The van der Waals surface area contributed by atoms with Crippen LogP contribution < -0.4 is 10.2 Å². The third-order valence-corrected chi connectivity index (χ3v) is 7.17. The molecule has 1 atom stereocenters. The van der Waals surface area contributed by atoms with E-state index in [-0.39, 0.29) is 24.5 Å². The average Bonchev–Trinajstić information content (AvgIpc) is 3.46. The van der Waals surface area contributed by atoms with Gasteiger partial charge in [-0.3, -0.25) is 9.59 Å². The van der Waals surface area contributed by atoms with Crippen LogP contribution >= 0.6 is 0 Å². The molecule has 9 nitrogen and oxygen atoms in total. The number of hydrogen-bond acceptors (Lipinski definition) is 6. The summed E-state index contributed by atoms with van der Waals surface area (Å²) in [5.74, 6) is 1.16. The topological polar surface area (TPSA) is 96.5 Å². The van der Waals surface area contributed by atoms with Gasteiger partial charge in [0, 0.05) is 37.5 Å². The Labute approximate surface area is 208 Å². The van der Waals surface area contributed by atoms with Gasteiger partial charge in [-0.25, -0.2) is 0 Å². The number of benzene rings is 2. The molecule has 36 heavy (non-hydrogen) atoms. The smallest absolute Gasteiger partial charge is 0.257 e. The molecule has 184 valence electrons. The van der Waals surface area contributed by atoms with E-state index in [9.17, 15) is 9.59 Å². The van der Waals surface area contributed by atoms with E-state index in [1.807, 2.05) is 48.3 Å². The Hall–Kier alpha value is -4.14. The molecule has 0 fully saturated rings. The summed E-state index contributed by atoms with van der Waals surface area (Å²) in [5.41, 5.74) is 4.88. The first-order valence-corrected chi connectivity index (χ1v) is 12.3. The predicted molar refractivity (Wildman–Crippen MR) is 135 cm³/mol. The van der Waals surface area contributed by atoms with Crippen LogP contribution in [0.3, 0.4) is 0 Å². The first kappa shape index (κ1) is 22.3. The number of anilines is 1. The zero-order chi connectivity index (χ0) is 24.8. The van der Waals surface area contributed by atoms with Crippen molar-refractivity contribution in [2.75, 3.05) is 25.0 Å². The molecule has 2 amide bonds. The fourth-order valence-electron chi connectivity index (χ4n) is 5.59. The van der Waals surface area contributed by atoms with Crippen LogP contribution in [-0.2, 0) is 24.2 Å². The number of hydrogen-bond donors (Lipinski definition) is 1. The highest BCUT2D eigenvalue weighted by Crippen LogP contribution is 2.44. The van der Waals surface area contributed by atoms with Gasteiger partial charge in [-0.15, -0.1) is 0 Å². The van der Waals surface area contributed by atoms with Crippen LogP contribution in [0.4, 0.5) is 5.69 Å². The first-order chi connectivity index (χ1) is 17.5. The highest BCUT2D eigenvalue weighted by Gasteiger charge is 2.42. The zero-order valence-electron chi connectivity index (χ0n) is 20.4. The van der Waals surface area contributed by atoms with E-state index >= 15 is 0 Å². The predicted octanol–water partition coefficient (Wildman–Crippen LogP) is 3.23. The number of nitrogens with one attached hydrogen (secondary N) is 1. The van der Waals surface area contributed by atoms with Gasteiger partial charge in [0.2, 0.25) is 11.8 Å². The zero-order valence-corrected chi connectivity index (χ0v) is 20.4. The van der Waals surface area contributed by atoms with E-state index in [1.165, 1.54) is 5.56 Å². The summed E-state index contributed by atoms with van der Waals surface area (Å²) >= 11 is 0. The molecule has 2 aromatic heterocycles. The van der Waals surface area contributed by atoms with Crippen molar-refractivity contribution in [3.63, 3.8) is 0 Å². The summed E-state index contributed by atoms with van der Waals surface area (Å²) in [6.45, 7) is 3.13. The third kappa shape index (κ3) is 3.62. The van der Waals surface area contributed by atoms with Crippen LogP contribution in [0.1, 0.15) is 45.9 Å². The van der Waals surface area contributed by atoms with Gasteiger partial charge >= 0.3 is 0 Å². The molecule has 4 aromatic rings. The summed E-state index contributed by atoms with van der Waals surface area (Å²) in [6, 6.07) is 15.9. The molecule has 4 heterocycles. The van der Waals surface area contributed by atoms with Crippen molar-refractivity contribution in [2.24, 2.45) is 0 Å². The molecule has 2 aliphatic rings. The van der Waals surface area contributed by atoms with Crippen molar-refractivity contribution in [1.29, 1.82) is 0 Å². The lowest BCUT2D eigenvalue weighted by molar-refractivity contribution is -0.121. The Balaban J connectivity index is 1.30. The fraction of sp³-hybridized carbons (Fsp3) is 0.333. The van der Waals surface area contributed by atoms with Crippen LogP contribution in [0.25, 0.3) is 10.9 Å². The van der Waals surface area contributed by atoms with Gasteiger partial charge in [-0.05, 0) is 43.5 Å². The maximum Gasteiger partial charge on any atom is 0.257 e. The SMILES string of the molecule is Cc1noc(CCCNC(=O)Cn2c3c(c4ccccc42)CCN2C(=O)c4ccccc4N(C)[C@@H]32)n1. The molecule has 0 saturated carbocycles. The van der Waals surface area contributed by atoms with E-state index in [4.69, 9.17) is 4.52 Å². The molecular weight excluding hydrogens is 456 g/mol. The second kappa shape index (κ2) is 8.82. The summed E-state index contributed by atoms with van der Waals surface area (Å²) in [4.78, 5) is 34.8. The Morgan fingerprint density at radius 1 is 1.17 bits per heavy atom. The Bertz CT molecular complexity index is 1470. The van der Waals surface area contributed by atoms with Crippen molar-refractivity contribution in [3.05, 3.63) is 77.1 Å². The molecule has 1 N–H and O–H groups in total. The number of carbonyl (C=O) groups is 2. The van der Waals surface area contributed by atoms with Crippen LogP contribution in [0.15, 0.2) is 53.1 Å². The molecule has 0 bridgehead atoms. The first-order valence-electron chi connectivity index (χ1n) is 12.3. The van der Waals surface area contributed by atoms with E-state index in [0.717, 1.165) is 34.3 Å².